The van der Waals surface area contributed by atoms with Gasteiger partial charge in [-0.2, -0.15) is 0 Å². The number of piperidine rings is 1. The fraction of sp³-hybridized carbons (Fsp3) is 0.441. The third kappa shape index (κ3) is 6.14. The Bertz CT molecular complexity index is 1650. The lowest BCUT2D eigenvalue weighted by Gasteiger charge is -2.33. The van der Waals surface area contributed by atoms with E-state index < -0.39 is 0 Å². The van der Waals surface area contributed by atoms with Gasteiger partial charge < -0.3 is 19.6 Å². The molecule has 1 saturated carbocycles. The van der Waals surface area contributed by atoms with Crippen LogP contribution in [0.3, 0.4) is 0 Å². The second-order valence-electron chi connectivity index (χ2n) is 11.6. The first-order valence-corrected chi connectivity index (χ1v) is 16.0. The Morgan fingerprint density at radius 2 is 1.75 bits per heavy atom. The molecular formula is C34H39ClN6O3. The molecule has 10 heteroatoms. The van der Waals surface area contributed by atoms with Crippen LogP contribution in [0, 0.1) is 12.8 Å². The summed E-state index contributed by atoms with van der Waals surface area (Å²) >= 11 is 6.49. The number of hydrogen-bond donors (Lipinski definition) is 1. The van der Waals surface area contributed by atoms with Crippen LogP contribution < -0.4 is 9.80 Å². The Morgan fingerprint density at radius 3 is 2.43 bits per heavy atom. The molecule has 7 rings (SSSR count). The highest BCUT2D eigenvalue weighted by molar-refractivity contribution is 6.30. The van der Waals surface area contributed by atoms with Gasteiger partial charge >= 0.3 is 0 Å². The summed E-state index contributed by atoms with van der Waals surface area (Å²) in [6.07, 6.45) is 7.37. The number of amides is 1. The van der Waals surface area contributed by atoms with Gasteiger partial charge in [0.25, 0.3) is 5.91 Å². The van der Waals surface area contributed by atoms with Crippen molar-refractivity contribution in [1.82, 2.24) is 19.9 Å². The number of benzene rings is 1. The zero-order valence-corrected chi connectivity index (χ0v) is 26.3. The molecule has 1 aliphatic carbocycles. The van der Waals surface area contributed by atoms with E-state index in [0.717, 1.165) is 89.4 Å². The number of ether oxygens (including phenoxy) is 1. The SMILES string of the molecule is CC.Cc1nc(N2CCC(CO)CC2)ccc1N(Cc1ccc2c3c(c(Cl)nc2c1)COC3)C(=O)c1cnc(C2CC2)nc1. The van der Waals surface area contributed by atoms with Crippen LogP contribution in [-0.2, 0) is 24.5 Å². The zero-order chi connectivity index (χ0) is 30.8. The van der Waals surface area contributed by atoms with Gasteiger partial charge in [-0.05, 0) is 67.9 Å². The topological polar surface area (TPSA) is 105 Å². The molecule has 2 aliphatic heterocycles. The summed E-state index contributed by atoms with van der Waals surface area (Å²) in [5.74, 6) is 2.27. The standard InChI is InChI=1S/C32H33ClN6O3.C2H6/c1-19-28(6-7-29(36-19)38-10-8-20(16-40)9-11-38)39(32(41)23-13-34-31(35-14-23)22-3-4-22)15-21-2-5-24-25-17-42-18-26(25)30(33)37-27(24)12-21;1-2/h2,5-7,12-14,20,22,40H,3-4,8-11,15-18H2,1H3;1-2H3. The molecule has 5 heterocycles. The third-order valence-corrected chi connectivity index (χ3v) is 9.00. The van der Waals surface area contributed by atoms with Gasteiger partial charge in [-0.1, -0.05) is 37.6 Å². The van der Waals surface area contributed by atoms with Crippen molar-refractivity contribution in [3.05, 3.63) is 81.7 Å². The number of fused-ring (bicyclic) bond motifs is 3. The van der Waals surface area contributed by atoms with Crippen molar-refractivity contribution in [3.8, 4) is 0 Å². The molecule has 0 radical (unpaired) electrons. The summed E-state index contributed by atoms with van der Waals surface area (Å²) in [7, 11) is 0. The van der Waals surface area contributed by atoms with Crippen molar-refractivity contribution in [2.75, 3.05) is 29.5 Å². The second kappa shape index (κ2) is 13.1. The quantitative estimate of drug-likeness (QED) is 0.239. The highest BCUT2D eigenvalue weighted by Gasteiger charge is 2.28. The maximum atomic E-state index is 14.1. The van der Waals surface area contributed by atoms with E-state index in [4.69, 9.17) is 21.3 Å². The molecule has 0 bridgehead atoms. The zero-order valence-electron chi connectivity index (χ0n) is 25.6. The molecule has 2 fully saturated rings. The van der Waals surface area contributed by atoms with Crippen molar-refractivity contribution < 1.29 is 14.6 Å². The summed E-state index contributed by atoms with van der Waals surface area (Å²) in [6, 6.07) is 10.0. The average molecular weight is 615 g/mol. The predicted octanol–water partition coefficient (Wildman–Crippen LogP) is 6.37. The Morgan fingerprint density at radius 1 is 1.02 bits per heavy atom. The summed E-state index contributed by atoms with van der Waals surface area (Å²) < 4.78 is 5.63. The summed E-state index contributed by atoms with van der Waals surface area (Å²) in [5.41, 5.74) is 5.66. The van der Waals surface area contributed by atoms with Gasteiger partial charge in [0.15, 0.2) is 0 Å². The van der Waals surface area contributed by atoms with Crippen molar-refractivity contribution >= 4 is 39.9 Å². The maximum absolute atomic E-state index is 14.1. The minimum atomic E-state index is -0.188. The maximum Gasteiger partial charge on any atom is 0.261 e. The van der Waals surface area contributed by atoms with Crippen molar-refractivity contribution in [1.29, 1.82) is 0 Å². The highest BCUT2D eigenvalue weighted by Crippen LogP contribution is 2.38. The van der Waals surface area contributed by atoms with E-state index in [-0.39, 0.29) is 12.5 Å². The van der Waals surface area contributed by atoms with Crippen LogP contribution in [-0.4, -0.2) is 50.6 Å². The fourth-order valence-corrected chi connectivity index (χ4v) is 6.26. The Balaban J connectivity index is 0.00000168. The number of aromatic nitrogens is 4. The number of carbonyl (C=O) groups excluding carboxylic acids is 1. The molecule has 0 unspecified atom stereocenters. The summed E-state index contributed by atoms with van der Waals surface area (Å²) in [6.45, 7) is 9.19. The van der Waals surface area contributed by atoms with Gasteiger partial charge in [-0.15, -0.1) is 0 Å². The first-order valence-electron chi connectivity index (χ1n) is 15.6. The molecule has 4 aromatic rings. The molecule has 1 saturated heterocycles. The van der Waals surface area contributed by atoms with Crippen LogP contribution in [0.2, 0.25) is 5.15 Å². The fourth-order valence-electron chi connectivity index (χ4n) is 6.00. The van der Waals surface area contributed by atoms with E-state index in [2.05, 4.69) is 19.9 Å². The van der Waals surface area contributed by atoms with Gasteiger partial charge in [-0.25, -0.2) is 19.9 Å². The first kappa shape index (κ1) is 30.4. The number of anilines is 2. The molecule has 1 aromatic carbocycles. The number of pyridine rings is 2. The van der Waals surface area contributed by atoms with E-state index >= 15 is 0 Å². The van der Waals surface area contributed by atoms with Crippen LogP contribution in [0.1, 0.15) is 84.0 Å². The van der Waals surface area contributed by atoms with Crippen LogP contribution >= 0.6 is 11.6 Å². The lowest BCUT2D eigenvalue weighted by atomic mass is 9.98. The molecule has 1 N–H and O–H groups in total. The Kier molecular flexibility index (Phi) is 9.07. The number of rotatable bonds is 7. The number of halogens is 1. The van der Waals surface area contributed by atoms with Crippen LogP contribution in [0.15, 0.2) is 42.7 Å². The predicted molar refractivity (Wildman–Crippen MR) is 172 cm³/mol. The first-order chi connectivity index (χ1) is 21.5. The Hall–Kier alpha value is -3.66. The van der Waals surface area contributed by atoms with Gasteiger partial charge in [-0.3, -0.25) is 4.79 Å². The molecule has 9 nitrogen and oxygen atoms in total. The molecule has 1 amide bonds. The van der Waals surface area contributed by atoms with E-state index in [0.29, 0.717) is 42.3 Å². The number of aliphatic hydroxyl groups excluding tert-OH is 1. The average Bonchev–Trinajstić information content (AvgIpc) is 3.80. The van der Waals surface area contributed by atoms with Gasteiger partial charge in [0.2, 0.25) is 0 Å². The minimum absolute atomic E-state index is 0.188. The molecular weight excluding hydrogens is 576 g/mol. The van der Waals surface area contributed by atoms with E-state index in [9.17, 15) is 9.90 Å². The van der Waals surface area contributed by atoms with Crippen LogP contribution in [0.25, 0.3) is 10.9 Å². The molecule has 44 heavy (non-hydrogen) atoms. The summed E-state index contributed by atoms with van der Waals surface area (Å²) in [4.78, 5) is 36.6. The smallest absolute Gasteiger partial charge is 0.261 e. The normalized spacial score (nSPS) is 16.4. The van der Waals surface area contributed by atoms with Crippen molar-refractivity contribution in [3.63, 3.8) is 0 Å². The van der Waals surface area contributed by atoms with Crippen LogP contribution in [0.4, 0.5) is 11.5 Å². The highest BCUT2D eigenvalue weighted by atomic mass is 35.5. The number of hydrogen-bond acceptors (Lipinski definition) is 8. The van der Waals surface area contributed by atoms with Gasteiger partial charge in [0, 0.05) is 49.0 Å². The van der Waals surface area contributed by atoms with Crippen LogP contribution in [0.5, 0.6) is 0 Å². The van der Waals surface area contributed by atoms with Crippen molar-refractivity contribution in [2.24, 2.45) is 5.92 Å². The van der Waals surface area contributed by atoms with E-state index in [1.807, 2.05) is 51.1 Å². The summed E-state index contributed by atoms with van der Waals surface area (Å²) in [5, 5.41) is 11.0. The van der Waals surface area contributed by atoms with Gasteiger partial charge in [0.1, 0.15) is 16.8 Å². The molecule has 0 atom stereocenters. The molecule has 0 spiro atoms. The third-order valence-electron chi connectivity index (χ3n) is 8.69. The number of nitrogens with zero attached hydrogens (tertiary/aromatic N) is 6. The lowest BCUT2D eigenvalue weighted by Crippen LogP contribution is -2.36. The lowest BCUT2D eigenvalue weighted by molar-refractivity contribution is 0.0984. The monoisotopic (exact) mass is 614 g/mol. The second-order valence-corrected chi connectivity index (χ2v) is 11.9. The molecule has 230 valence electrons. The number of carbonyl (C=O) groups is 1. The minimum Gasteiger partial charge on any atom is -0.396 e. The van der Waals surface area contributed by atoms with E-state index in [1.54, 1.807) is 17.3 Å². The number of aliphatic hydroxyl groups is 1. The Labute approximate surface area is 263 Å². The largest absolute Gasteiger partial charge is 0.396 e. The molecule has 3 aromatic heterocycles. The molecule has 3 aliphatic rings. The van der Waals surface area contributed by atoms with E-state index in [1.165, 1.54) is 0 Å². The number of aryl methyl sites for hydroxylation is 1. The van der Waals surface area contributed by atoms with Crippen molar-refractivity contribution in [2.45, 2.75) is 72.1 Å². The van der Waals surface area contributed by atoms with Gasteiger partial charge in [0.05, 0.1) is 42.2 Å².